The summed E-state index contributed by atoms with van der Waals surface area (Å²) in [6.45, 7) is 4.03. The van der Waals surface area contributed by atoms with E-state index in [4.69, 9.17) is 4.74 Å². The average molecular weight is 610 g/mol. The van der Waals surface area contributed by atoms with E-state index in [0.29, 0.717) is 0 Å². The summed E-state index contributed by atoms with van der Waals surface area (Å²) in [6.07, 6.45) is 9.95. The van der Waals surface area contributed by atoms with Crippen LogP contribution in [-0.2, 0) is 33.1 Å². The molecule has 2 unspecified atom stereocenters. The first-order valence-electron chi connectivity index (χ1n) is 14.9. The molecule has 2 atom stereocenters. The Morgan fingerprint density at radius 2 is 1.67 bits per heavy atom. The number of anilines is 1. The molecule has 0 spiro atoms. The molecule has 2 N–H and O–H groups in total. The number of aryl methyl sites for hydroxylation is 1. The number of benzene rings is 2. The van der Waals surface area contributed by atoms with Gasteiger partial charge in [-0.3, -0.25) is 9.11 Å². The Hall–Kier alpha value is -2.99. The lowest BCUT2D eigenvalue weighted by Gasteiger charge is -2.43. The van der Waals surface area contributed by atoms with Gasteiger partial charge in [0.1, 0.15) is 24.6 Å². The summed E-state index contributed by atoms with van der Waals surface area (Å²) in [5.74, 6) is 1.12. The van der Waals surface area contributed by atoms with Gasteiger partial charge in [0.25, 0.3) is 20.2 Å². The third-order valence-corrected chi connectivity index (χ3v) is 11.7. The third kappa shape index (κ3) is 3.97. The Bertz CT molecular complexity index is 1880. The van der Waals surface area contributed by atoms with Gasteiger partial charge in [0.15, 0.2) is 5.71 Å². The zero-order valence-corrected chi connectivity index (χ0v) is 24.8. The standard InChI is InChI=1S/C31H32N2O7S2/c34-41(35,36)20-9-10-21(26(17-20)42(37,38)39)27-24-15-18-5-1-11-32-13-3-7-22(28(18)32)30(24)40-31-23-8-4-14-33-12-2-6-19(29(23)33)16-25(27)31/h9-10,15-18,27H,1-8,11-14H2,(H-,34,35,36,37,38,39)/p+1. The van der Waals surface area contributed by atoms with Gasteiger partial charge in [-0.15, -0.1) is 0 Å². The van der Waals surface area contributed by atoms with E-state index in [2.05, 4.69) is 21.6 Å². The molecule has 0 amide bonds. The lowest BCUT2D eigenvalue weighted by molar-refractivity contribution is -0.537. The van der Waals surface area contributed by atoms with Crippen molar-refractivity contribution in [2.75, 3.05) is 31.1 Å². The van der Waals surface area contributed by atoms with Crippen molar-refractivity contribution in [2.24, 2.45) is 5.92 Å². The van der Waals surface area contributed by atoms with Crippen molar-refractivity contribution in [3.63, 3.8) is 0 Å². The monoisotopic (exact) mass is 609 g/mol. The van der Waals surface area contributed by atoms with Crippen molar-refractivity contribution in [1.29, 1.82) is 0 Å². The van der Waals surface area contributed by atoms with E-state index in [-0.39, 0.29) is 11.5 Å². The molecule has 42 heavy (non-hydrogen) atoms. The predicted octanol–water partition coefficient (Wildman–Crippen LogP) is 4.25. The Labute approximate surface area is 245 Å². The highest BCUT2D eigenvalue weighted by molar-refractivity contribution is 7.86. The molecule has 11 heteroatoms. The molecule has 2 aromatic carbocycles. The van der Waals surface area contributed by atoms with E-state index < -0.39 is 35.9 Å². The molecule has 5 aliphatic heterocycles. The first-order valence-corrected chi connectivity index (χ1v) is 17.8. The van der Waals surface area contributed by atoms with Gasteiger partial charge in [-0.2, -0.15) is 16.8 Å². The lowest BCUT2D eigenvalue weighted by atomic mass is 9.71. The largest absolute Gasteiger partial charge is 0.456 e. The number of hydrogen-bond donors (Lipinski definition) is 2. The van der Waals surface area contributed by atoms with Gasteiger partial charge in [0.2, 0.25) is 0 Å². The summed E-state index contributed by atoms with van der Waals surface area (Å²) in [5, 5.41) is 0. The SMILES string of the molecule is O=S(=O)(O)c1ccc(C2C3=CC4CCC[N+]5=C4C(=C3Oc3c2cc2c4c3CCCN4CCC2)CCC5)c(S(=O)(=O)O)c1. The second-order valence-electron chi connectivity index (χ2n) is 12.3. The molecule has 0 bridgehead atoms. The van der Waals surface area contributed by atoms with E-state index in [1.54, 1.807) is 0 Å². The minimum Gasteiger partial charge on any atom is -0.456 e. The highest BCUT2D eigenvalue weighted by Crippen LogP contribution is 2.55. The molecule has 0 aromatic heterocycles. The number of allylic oxidation sites excluding steroid dienone is 3. The smallest absolute Gasteiger partial charge is 0.294 e. The van der Waals surface area contributed by atoms with Gasteiger partial charge in [-0.25, -0.2) is 4.58 Å². The van der Waals surface area contributed by atoms with Crippen LogP contribution in [0.15, 0.2) is 57.0 Å². The van der Waals surface area contributed by atoms with E-state index in [1.807, 2.05) is 0 Å². The maximum atomic E-state index is 12.9. The van der Waals surface area contributed by atoms with Crippen LogP contribution >= 0.6 is 0 Å². The van der Waals surface area contributed by atoms with E-state index in [0.717, 1.165) is 112 Å². The van der Waals surface area contributed by atoms with Crippen LogP contribution in [0.2, 0.25) is 0 Å². The fourth-order valence-corrected chi connectivity index (χ4v) is 9.70. The molecule has 220 valence electrons. The van der Waals surface area contributed by atoms with Crippen LogP contribution in [0.5, 0.6) is 5.75 Å². The summed E-state index contributed by atoms with van der Waals surface area (Å²) in [6, 6.07) is 5.67. The molecule has 0 fully saturated rings. The maximum absolute atomic E-state index is 12.9. The number of fused-ring (bicyclic) bond motifs is 3. The quantitative estimate of drug-likeness (QED) is 0.391. The van der Waals surface area contributed by atoms with Crippen LogP contribution in [0.3, 0.4) is 0 Å². The normalized spacial score (nSPS) is 24.7. The molecule has 6 aliphatic rings. The van der Waals surface area contributed by atoms with Gasteiger partial charge >= 0.3 is 0 Å². The predicted molar refractivity (Wildman–Crippen MR) is 156 cm³/mol. The minimum absolute atomic E-state index is 0.179. The Morgan fingerprint density at radius 1 is 0.881 bits per heavy atom. The second kappa shape index (κ2) is 9.25. The summed E-state index contributed by atoms with van der Waals surface area (Å²) in [4.78, 5) is 1.35. The summed E-state index contributed by atoms with van der Waals surface area (Å²) in [7, 11) is -9.56. The fraction of sp³-hybridized carbons (Fsp3) is 0.452. The van der Waals surface area contributed by atoms with Crippen LogP contribution in [0.4, 0.5) is 5.69 Å². The highest BCUT2D eigenvalue weighted by atomic mass is 32.2. The van der Waals surface area contributed by atoms with Gasteiger partial charge in [-0.05, 0) is 67.9 Å². The Balaban J connectivity index is 1.45. The van der Waals surface area contributed by atoms with Gasteiger partial charge in [0, 0.05) is 54.2 Å². The van der Waals surface area contributed by atoms with E-state index in [1.165, 1.54) is 34.7 Å². The zero-order chi connectivity index (χ0) is 29.0. The maximum Gasteiger partial charge on any atom is 0.294 e. The van der Waals surface area contributed by atoms with Crippen molar-refractivity contribution in [3.8, 4) is 5.75 Å². The molecule has 0 radical (unpaired) electrons. The molecule has 5 heterocycles. The zero-order valence-electron chi connectivity index (χ0n) is 23.2. The molecular weight excluding hydrogens is 576 g/mol. The molecule has 0 saturated heterocycles. The molecule has 0 saturated carbocycles. The van der Waals surface area contributed by atoms with E-state index in [9.17, 15) is 25.9 Å². The van der Waals surface area contributed by atoms with Crippen LogP contribution in [-0.4, -0.2) is 62.4 Å². The highest BCUT2D eigenvalue weighted by Gasteiger charge is 2.46. The van der Waals surface area contributed by atoms with Crippen LogP contribution in [0.1, 0.15) is 66.7 Å². The fourth-order valence-electron chi connectivity index (χ4n) is 8.35. The Kier molecular flexibility index (Phi) is 5.87. The van der Waals surface area contributed by atoms with Crippen molar-refractivity contribution in [1.82, 2.24) is 0 Å². The topological polar surface area (TPSA) is 124 Å². The lowest BCUT2D eigenvalue weighted by Crippen LogP contribution is -2.42. The molecule has 8 rings (SSSR count). The van der Waals surface area contributed by atoms with Crippen molar-refractivity contribution < 1.29 is 35.3 Å². The average Bonchev–Trinajstić information content (AvgIpc) is 2.96. The molecule has 9 nitrogen and oxygen atoms in total. The first-order chi connectivity index (χ1) is 20.1. The summed E-state index contributed by atoms with van der Waals surface area (Å²) >= 11 is 0. The molecule has 2 aromatic rings. The first kappa shape index (κ1) is 26.6. The number of hydrogen-bond acceptors (Lipinski definition) is 6. The van der Waals surface area contributed by atoms with Crippen molar-refractivity contribution in [3.05, 3.63) is 69.5 Å². The second-order valence-corrected chi connectivity index (χ2v) is 15.1. The van der Waals surface area contributed by atoms with Gasteiger partial charge in [-0.1, -0.05) is 12.1 Å². The van der Waals surface area contributed by atoms with Crippen LogP contribution in [0, 0.1) is 5.92 Å². The minimum atomic E-state index is -4.86. The summed E-state index contributed by atoms with van der Waals surface area (Å²) < 4.78 is 79.3. The number of nitrogens with zero attached hydrogens (tertiary/aromatic N) is 2. The van der Waals surface area contributed by atoms with E-state index >= 15 is 0 Å². The number of ether oxygens (including phenoxy) is 1. The Morgan fingerprint density at radius 3 is 2.45 bits per heavy atom. The van der Waals surface area contributed by atoms with Crippen LogP contribution in [0.25, 0.3) is 0 Å². The number of rotatable bonds is 3. The van der Waals surface area contributed by atoms with Gasteiger partial charge < -0.3 is 9.64 Å². The van der Waals surface area contributed by atoms with Crippen molar-refractivity contribution in [2.45, 2.75) is 67.1 Å². The molecular formula is C31H33N2O7S2+. The summed E-state index contributed by atoms with van der Waals surface area (Å²) in [5.41, 5.74) is 8.10. The van der Waals surface area contributed by atoms with Crippen LogP contribution < -0.4 is 9.64 Å². The van der Waals surface area contributed by atoms with Crippen molar-refractivity contribution >= 4 is 31.6 Å². The third-order valence-electron chi connectivity index (χ3n) is 9.92. The molecule has 1 aliphatic carbocycles. The van der Waals surface area contributed by atoms with Gasteiger partial charge in [0.05, 0.1) is 21.3 Å².